The third kappa shape index (κ3) is 5.97. The van der Waals surface area contributed by atoms with Gasteiger partial charge in [0.2, 0.25) is 15.9 Å². The van der Waals surface area contributed by atoms with E-state index in [2.05, 4.69) is 16.6 Å². The molecular weight excluding hydrogens is 304 g/mol. The molecule has 0 heterocycles. The van der Waals surface area contributed by atoms with E-state index < -0.39 is 16.1 Å². The first-order valence-electron chi connectivity index (χ1n) is 6.93. The summed E-state index contributed by atoms with van der Waals surface area (Å²) < 4.78 is 31.6. The minimum atomic E-state index is -3.56. The number of benzene rings is 1. The quantitative estimate of drug-likeness (QED) is 0.523. The van der Waals surface area contributed by atoms with Crippen LogP contribution in [0.5, 0.6) is 0 Å². The Morgan fingerprint density at radius 2 is 1.95 bits per heavy atom. The van der Waals surface area contributed by atoms with Crippen molar-refractivity contribution in [3.8, 4) is 0 Å². The highest BCUT2D eigenvalue weighted by Crippen LogP contribution is 2.09. The minimum Gasteiger partial charge on any atom is -0.365 e. The standard InChI is InChI=1S/C15H22N2O4S/c1-4-11-21-13(3)15(18)16-9-10-17-22(19,20)14-7-5-12(2)6-8-14/h4-8,13,17H,1,9-11H2,2-3H3,(H,16,18). The molecule has 0 fully saturated rings. The van der Waals surface area contributed by atoms with Crippen LogP contribution in [0.1, 0.15) is 12.5 Å². The average Bonchev–Trinajstić information content (AvgIpc) is 2.49. The van der Waals surface area contributed by atoms with Crippen molar-refractivity contribution in [3.63, 3.8) is 0 Å². The highest BCUT2D eigenvalue weighted by Gasteiger charge is 2.14. The van der Waals surface area contributed by atoms with Crippen LogP contribution < -0.4 is 10.0 Å². The first-order chi connectivity index (χ1) is 10.4. The van der Waals surface area contributed by atoms with Gasteiger partial charge in [0.15, 0.2) is 0 Å². The molecule has 2 N–H and O–H groups in total. The maximum Gasteiger partial charge on any atom is 0.248 e. The van der Waals surface area contributed by atoms with Crippen LogP contribution in [0, 0.1) is 6.92 Å². The van der Waals surface area contributed by atoms with Gasteiger partial charge in [-0.1, -0.05) is 23.8 Å². The van der Waals surface area contributed by atoms with Crippen LogP contribution >= 0.6 is 0 Å². The fourth-order valence-corrected chi connectivity index (χ4v) is 2.64. The third-order valence-corrected chi connectivity index (χ3v) is 4.36. The van der Waals surface area contributed by atoms with Crippen LogP contribution in [0.4, 0.5) is 0 Å². The van der Waals surface area contributed by atoms with Crippen LogP contribution in [0.15, 0.2) is 41.8 Å². The molecule has 0 aliphatic heterocycles. The van der Waals surface area contributed by atoms with Crippen LogP contribution in [0.2, 0.25) is 0 Å². The van der Waals surface area contributed by atoms with Crippen molar-refractivity contribution < 1.29 is 17.9 Å². The molecule has 6 nitrogen and oxygen atoms in total. The van der Waals surface area contributed by atoms with Gasteiger partial charge in [0, 0.05) is 13.1 Å². The molecule has 0 bridgehead atoms. The topological polar surface area (TPSA) is 84.5 Å². The van der Waals surface area contributed by atoms with E-state index in [4.69, 9.17) is 4.74 Å². The van der Waals surface area contributed by atoms with Gasteiger partial charge in [0.25, 0.3) is 0 Å². The van der Waals surface area contributed by atoms with Crippen LogP contribution in [-0.2, 0) is 19.6 Å². The number of carbonyl (C=O) groups excluding carboxylic acids is 1. The smallest absolute Gasteiger partial charge is 0.248 e. The highest BCUT2D eigenvalue weighted by atomic mass is 32.2. The Morgan fingerprint density at radius 1 is 1.32 bits per heavy atom. The Labute approximate surface area is 131 Å². The van der Waals surface area contributed by atoms with E-state index in [0.29, 0.717) is 0 Å². The number of hydrogen-bond acceptors (Lipinski definition) is 4. The van der Waals surface area contributed by atoms with Gasteiger partial charge in [0.1, 0.15) is 6.10 Å². The summed E-state index contributed by atoms with van der Waals surface area (Å²) in [6.07, 6.45) is 0.950. The molecule has 22 heavy (non-hydrogen) atoms. The van der Waals surface area contributed by atoms with Crippen LogP contribution in [-0.4, -0.2) is 40.1 Å². The van der Waals surface area contributed by atoms with E-state index in [1.807, 2.05) is 6.92 Å². The lowest BCUT2D eigenvalue weighted by atomic mass is 10.2. The predicted octanol–water partition coefficient (Wildman–Crippen LogP) is 0.981. The second-order valence-electron chi connectivity index (χ2n) is 4.77. The fraction of sp³-hybridized carbons (Fsp3) is 0.400. The molecule has 1 aromatic carbocycles. The molecule has 1 rings (SSSR count). The molecule has 0 radical (unpaired) electrons. The number of nitrogens with one attached hydrogen (secondary N) is 2. The van der Waals surface area contributed by atoms with Crippen molar-refractivity contribution in [1.82, 2.24) is 10.0 Å². The number of aryl methyl sites for hydroxylation is 1. The molecule has 122 valence electrons. The highest BCUT2D eigenvalue weighted by molar-refractivity contribution is 7.89. The van der Waals surface area contributed by atoms with Crippen molar-refractivity contribution >= 4 is 15.9 Å². The van der Waals surface area contributed by atoms with Crippen molar-refractivity contribution in [2.24, 2.45) is 0 Å². The monoisotopic (exact) mass is 326 g/mol. The maximum absolute atomic E-state index is 12.0. The van der Waals surface area contributed by atoms with Gasteiger partial charge in [0.05, 0.1) is 11.5 Å². The van der Waals surface area contributed by atoms with E-state index in [0.717, 1.165) is 5.56 Å². The van der Waals surface area contributed by atoms with Gasteiger partial charge in [-0.05, 0) is 26.0 Å². The molecule has 0 aliphatic carbocycles. The molecule has 1 atom stereocenters. The van der Waals surface area contributed by atoms with E-state index in [-0.39, 0.29) is 30.5 Å². The van der Waals surface area contributed by atoms with E-state index in [1.54, 1.807) is 37.3 Å². The number of hydrogen-bond donors (Lipinski definition) is 2. The zero-order valence-electron chi connectivity index (χ0n) is 12.8. The lowest BCUT2D eigenvalue weighted by Crippen LogP contribution is -2.39. The molecule has 0 spiro atoms. The first-order valence-corrected chi connectivity index (χ1v) is 8.41. The number of rotatable bonds is 9. The summed E-state index contributed by atoms with van der Waals surface area (Å²) >= 11 is 0. The van der Waals surface area contributed by atoms with E-state index in [1.165, 1.54) is 0 Å². The summed E-state index contributed by atoms with van der Waals surface area (Å²) in [7, 11) is -3.56. The Bertz CT molecular complexity index is 596. The number of amides is 1. The average molecular weight is 326 g/mol. The van der Waals surface area contributed by atoms with Crippen molar-refractivity contribution in [1.29, 1.82) is 0 Å². The Hall–Kier alpha value is -1.70. The lowest BCUT2D eigenvalue weighted by Gasteiger charge is -2.12. The Kier molecular flexibility index (Phi) is 7.23. The Morgan fingerprint density at radius 3 is 2.55 bits per heavy atom. The van der Waals surface area contributed by atoms with Crippen LogP contribution in [0.3, 0.4) is 0 Å². The summed E-state index contributed by atoms with van der Waals surface area (Å²) in [5.41, 5.74) is 0.986. The second kappa shape index (κ2) is 8.67. The molecule has 0 saturated heterocycles. The summed E-state index contributed by atoms with van der Waals surface area (Å²) in [5.74, 6) is -0.295. The van der Waals surface area contributed by atoms with Crippen molar-refractivity contribution in [2.75, 3.05) is 19.7 Å². The van der Waals surface area contributed by atoms with Gasteiger partial charge < -0.3 is 10.1 Å². The predicted molar refractivity (Wildman–Crippen MR) is 85.0 cm³/mol. The Balaban J connectivity index is 2.39. The van der Waals surface area contributed by atoms with Crippen molar-refractivity contribution in [3.05, 3.63) is 42.5 Å². The van der Waals surface area contributed by atoms with Gasteiger partial charge in [-0.25, -0.2) is 13.1 Å². The molecule has 1 unspecified atom stereocenters. The number of sulfonamides is 1. The SMILES string of the molecule is C=CCOC(C)C(=O)NCCNS(=O)(=O)c1ccc(C)cc1. The van der Waals surface area contributed by atoms with Crippen molar-refractivity contribution in [2.45, 2.75) is 24.8 Å². The molecule has 7 heteroatoms. The van der Waals surface area contributed by atoms with Gasteiger partial charge >= 0.3 is 0 Å². The maximum atomic E-state index is 12.0. The van der Waals surface area contributed by atoms with E-state index in [9.17, 15) is 13.2 Å². The zero-order valence-corrected chi connectivity index (χ0v) is 13.7. The summed E-state index contributed by atoms with van der Waals surface area (Å²) in [6.45, 7) is 7.58. The summed E-state index contributed by atoms with van der Waals surface area (Å²) in [6, 6.07) is 6.55. The minimum absolute atomic E-state index is 0.107. The summed E-state index contributed by atoms with van der Waals surface area (Å²) in [4.78, 5) is 11.8. The molecule has 1 aromatic rings. The molecule has 0 aromatic heterocycles. The zero-order chi connectivity index (χ0) is 16.6. The molecule has 0 saturated carbocycles. The normalized spacial score (nSPS) is 12.6. The largest absolute Gasteiger partial charge is 0.365 e. The first kappa shape index (κ1) is 18.3. The number of carbonyl (C=O) groups is 1. The lowest BCUT2D eigenvalue weighted by molar-refractivity contribution is -0.130. The summed E-state index contributed by atoms with van der Waals surface area (Å²) in [5, 5.41) is 2.60. The van der Waals surface area contributed by atoms with Gasteiger partial charge in [-0.2, -0.15) is 0 Å². The van der Waals surface area contributed by atoms with Gasteiger partial charge in [-0.15, -0.1) is 6.58 Å². The molecular formula is C15H22N2O4S. The third-order valence-electron chi connectivity index (χ3n) is 2.88. The fourth-order valence-electron chi connectivity index (χ4n) is 1.60. The second-order valence-corrected chi connectivity index (χ2v) is 6.53. The van der Waals surface area contributed by atoms with Gasteiger partial charge in [-0.3, -0.25) is 4.79 Å². The molecule has 0 aliphatic rings. The number of ether oxygens (including phenoxy) is 1. The van der Waals surface area contributed by atoms with Crippen LogP contribution in [0.25, 0.3) is 0 Å². The van der Waals surface area contributed by atoms with E-state index >= 15 is 0 Å². The molecule has 1 amide bonds.